The molecular weight excluding hydrogens is 206 g/mol. The zero-order valence-electron chi connectivity index (χ0n) is 9.60. The number of aromatic carboxylic acids is 1. The van der Waals surface area contributed by atoms with Crippen molar-refractivity contribution in [2.75, 3.05) is 0 Å². The maximum absolute atomic E-state index is 11.6. The van der Waals surface area contributed by atoms with Crippen LogP contribution in [0, 0.1) is 5.21 Å². The Bertz CT molecular complexity index is 413. The first-order chi connectivity index (χ1) is 7.30. The van der Waals surface area contributed by atoms with E-state index in [0.29, 0.717) is 5.56 Å². The van der Waals surface area contributed by atoms with Crippen molar-refractivity contribution in [3.05, 3.63) is 40.6 Å². The normalized spacial score (nSPS) is 12.6. The van der Waals surface area contributed by atoms with Gasteiger partial charge in [0.05, 0.1) is 5.56 Å². The summed E-state index contributed by atoms with van der Waals surface area (Å²) in [6.07, 6.45) is 1.45. The van der Waals surface area contributed by atoms with E-state index in [2.05, 4.69) is 0 Å². The molecule has 0 amide bonds. The molecule has 0 fully saturated rings. The van der Waals surface area contributed by atoms with Crippen molar-refractivity contribution in [1.82, 2.24) is 0 Å². The van der Waals surface area contributed by atoms with E-state index >= 15 is 0 Å². The van der Waals surface area contributed by atoms with Crippen molar-refractivity contribution < 1.29 is 14.6 Å². The third-order valence-corrected chi connectivity index (χ3v) is 2.09. The predicted octanol–water partition coefficient (Wildman–Crippen LogP) is 2.11. The van der Waals surface area contributed by atoms with Crippen LogP contribution < -0.4 is 0 Å². The van der Waals surface area contributed by atoms with Crippen LogP contribution in [0.15, 0.2) is 24.3 Å². The van der Waals surface area contributed by atoms with Gasteiger partial charge >= 0.3 is 5.97 Å². The fourth-order valence-corrected chi connectivity index (χ4v) is 1.04. The molecule has 0 aliphatic carbocycles. The molecule has 4 nitrogen and oxygen atoms in total. The average molecular weight is 221 g/mol. The molecule has 86 valence electrons. The summed E-state index contributed by atoms with van der Waals surface area (Å²) < 4.78 is 0.850. The molecule has 0 aromatic heterocycles. The zero-order valence-corrected chi connectivity index (χ0v) is 9.60. The summed E-state index contributed by atoms with van der Waals surface area (Å²) in [5.41, 5.74) is 0.408. The van der Waals surface area contributed by atoms with Gasteiger partial charge in [0.25, 0.3) is 0 Å². The topological polar surface area (TPSA) is 63.4 Å². The van der Waals surface area contributed by atoms with Crippen LogP contribution >= 0.6 is 0 Å². The number of carbonyl (C=O) groups is 1. The summed E-state index contributed by atoms with van der Waals surface area (Å²) in [4.78, 5) is 10.6. The van der Waals surface area contributed by atoms with Gasteiger partial charge in [-0.2, -0.15) is 0 Å². The number of rotatable bonds is 2. The van der Waals surface area contributed by atoms with Crippen LogP contribution in [0.25, 0.3) is 0 Å². The minimum atomic E-state index is -0.971. The van der Waals surface area contributed by atoms with E-state index in [9.17, 15) is 10.0 Å². The molecule has 0 atom stereocenters. The van der Waals surface area contributed by atoms with Gasteiger partial charge in [-0.05, 0) is 24.3 Å². The second kappa shape index (κ2) is 4.35. The highest BCUT2D eigenvalue weighted by atomic mass is 16.5. The third-order valence-electron chi connectivity index (χ3n) is 2.09. The van der Waals surface area contributed by atoms with Gasteiger partial charge in [0.2, 0.25) is 0 Å². The Balaban J connectivity index is 2.96. The smallest absolute Gasteiger partial charge is 0.335 e. The first-order valence-corrected chi connectivity index (χ1v) is 4.95. The molecule has 0 radical (unpaired) electrons. The zero-order chi connectivity index (χ0) is 12.3. The minimum Gasteiger partial charge on any atom is -0.623 e. The number of nitrogens with zero attached hydrogens (tertiary/aromatic N) is 1. The summed E-state index contributed by atoms with van der Waals surface area (Å²) in [7, 11) is 0. The lowest BCUT2D eigenvalue weighted by molar-refractivity contribution is -0.530. The average Bonchev–Trinajstić information content (AvgIpc) is 2.17. The van der Waals surface area contributed by atoms with Crippen molar-refractivity contribution in [3.8, 4) is 0 Å². The standard InChI is InChI=1S/C12H15NO3/c1-12(2,3)13(16)8-9-4-6-10(7-5-9)11(14)15/h4-8H,1-3H3,(H,14,15)/b13-8+. The summed E-state index contributed by atoms with van der Waals surface area (Å²) >= 11 is 0. The monoisotopic (exact) mass is 221 g/mol. The summed E-state index contributed by atoms with van der Waals surface area (Å²) in [5.74, 6) is -0.971. The van der Waals surface area contributed by atoms with Crippen LogP contribution in [-0.2, 0) is 0 Å². The Morgan fingerprint density at radius 2 is 1.81 bits per heavy atom. The molecule has 0 spiro atoms. The molecule has 1 aromatic carbocycles. The summed E-state index contributed by atoms with van der Waals surface area (Å²) in [6, 6.07) is 6.18. The van der Waals surface area contributed by atoms with Crippen LogP contribution in [0.5, 0.6) is 0 Å². The van der Waals surface area contributed by atoms with Crippen LogP contribution in [0.2, 0.25) is 0 Å². The predicted molar refractivity (Wildman–Crippen MR) is 61.9 cm³/mol. The van der Waals surface area contributed by atoms with Gasteiger partial charge in [-0.1, -0.05) is 0 Å². The fourth-order valence-electron chi connectivity index (χ4n) is 1.04. The van der Waals surface area contributed by atoms with Gasteiger partial charge in [0.1, 0.15) is 0 Å². The molecule has 1 N–H and O–H groups in total. The van der Waals surface area contributed by atoms with E-state index in [1.165, 1.54) is 18.3 Å². The fraction of sp³-hybridized carbons (Fsp3) is 0.333. The highest BCUT2D eigenvalue weighted by molar-refractivity contribution is 5.88. The van der Waals surface area contributed by atoms with Crippen LogP contribution in [0.4, 0.5) is 0 Å². The molecule has 4 heteroatoms. The molecule has 0 saturated heterocycles. The van der Waals surface area contributed by atoms with Crippen LogP contribution in [0.3, 0.4) is 0 Å². The quantitative estimate of drug-likeness (QED) is 0.360. The molecule has 0 heterocycles. The van der Waals surface area contributed by atoms with Gasteiger partial charge < -0.3 is 10.3 Å². The van der Waals surface area contributed by atoms with E-state index in [1.807, 2.05) is 20.8 Å². The Morgan fingerprint density at radius 1 is 1.31 bits per heavy atom. The third kappa shape index (κ3) is 3.08. The minimum absolute atomic E-state index is 0.213. The number of carboxylic acids is 1. The van der Waals surface area contributed by atoms with Crippen molar-refractivity contribution in [3.63, 3.8) is 0 Å². The lowest BCUT2D eigenvalue weighted by Crippen LogP contribution is -2.29. The van der Waals surface area contributed by atoms with E-state index in [0.717, 1.165) is 4.74 Å². The summed E-state index contributed by atoms with van der Waals surface area (Å²) in [5, 5.41) is 20.3. The van der Waals surface area contributed by atoms with Crippen molar-refractivity contribution in [1.29, 1.82) is 0 Å². The van der Waals surface area contributed by atoms with Gasteiger partial charge in [-0.3, -0.25) is 0 Å². The highest BCUT2D eigenvalue weighted by Crippen LogP contribution is 2.07. The van der Waals surface area contributed by atoms with E-state index in [4.69, 9.17) is 5.11 Å². The Kier molecular flexibility index (Phi) is 3.32. The van der Waals surface area contributed by atoms with Gasteiger partial charge in [-0.15, -0.1) is 0 Å². The lowest BCUT2D eigenvalue weighted by Gasteiger charge is -2.18. The molecule has 0 aliphatic heterocycles. The second-order valence-corrected chi connectivity index (χ2v) is 4.55. The van der Waals surface area contributed by atoms with E-state index in [1.54, 1.807) is 12.1 Å². The van der Waals surface area contributed by atoms with Crippen molar-refractivity contribution >= 4 is 12.2 Å². The second-order valence-electron chi connectivity index (χ2n) is 4.55. The lowest BCUT2D eigenvalue weighted by atomic mass is 10.1. The van der Waals surface area contributed by atoms with Gasteiger partial charge in [0.15, 0.2) is 11.8 Å². The maximum atomic E-state index is 11.6. The molecule has 0 saturated carbocycles. The Labute approximate surface area is 94.4 Å². The van der Waals surface area contributed by atoms with Gasteiger partial charge in [-0.25, -0.2) is 9.53 Å². The number of hydrogen-bond acceptors (Lipinski definition) is 2. The Morgan fingerprint density at radius 3 is 2.19 bits per heavy atom. The number of benzene rings is 1. The number of hydroxylamine groups is 1. The SMILES string of the molecule is CC(C)(C)/[N+]([O-])=C\c1ccc(C(=O)O)cc1. The molecule has 0 bridgehead atoms. The molecule has 16 heavy (non-hydrogen) atoms. The number of carboxylic acid groups (broad SMARTS) is 1. The molecule has 0 unspecified atom stereocenters. The largest absolute Gasteiger partial charge is 0.623 e. The molecular formula is C12H15NO3. The summed E-state index contributed by atoms with van der Waals surface area (Å²) in [6.45, 7) is 5.42. The first kappa shape index (κ1) is 12.2. The molecule has 1 rings (SSSR count). The molecule has 1 aromatic rings. The van der Waals surface area contributed by atoms with Crippen molar-refractivity contribution in [2.45, 2.75) is 26.3 Å². The first-order valence-electron chi connectivity index (χ1n) is 4.95. The van der Waals surface area contributed by atoms with Gasteiger partial charge in [0, 0.05) is 26.3 Å². The van der Waals surface area contributed by atoms with E-state index < -0.39 is 11.5 Å². The van der Waals surface area contributed by atoms with Crippen LogP contribution in [0.1, 0.15) is 36.7 Å². The Hall–Kier alpha value is -1.84. The van der Waals surface area contributed by atoms with Crippen molar-refractivity contribution in [2.24, 2.45) is 0 Å². The van der Waals surface area contributed by atoms with Crippen LogP contribution in [-0.4, -0.2) is 27.6 Å². The molecule has 0 aliphatic rings. The van der Waals surface area contributed by atoms with E-state index in [-0.39, 0.29) is 5.56 Å². The highest BCUT2D eigenvalue weighted by Gasteiger charge is 2.17. The number of hydrogen-bond donors (Lipinski definition) is 1. The maximum Gasteiger partial charge on any atom is 0.335 e.